The van der Waals surface area contributed by atoms with Crippen LogP contribution in [0.5, 0.6) is 0 Å². The van der Waals surface area contributed by atoms with E-state index in [1.54, 1.807) is 23.3 Å². The lowest BCUT2D eigenvalue weighted by Crippen LogP contribution is -2.30. The smallest absolute Gasteiger partial charge is 0.224 e. The molecule has 2 heterocycles. The molecule has 2 atom stereocenters. The number of nitrogens with two attached hydrogens (primary N) is 1. The van der Waals surface area contributed by atoms with Crippen molar-refractivity contribution >= 4 is 17.2 Å². The summed E-state index contributed by atoms with van der Waals surface area (Å²) >= 11 is 1.57. The van der Waals surface area contributed by atoms with E-state index in [1.807, 2.05) is 12.3 Å². The summed E-state index contributed by atoms with van der Waals surface area (Å²) in [6.07, 6.45) is 0.430. The molecule has 0 bridgehead atoms. The van der Waals surface area contributed by atoms with Gasteiger partial charge in [0.15, 0.2) is 0 Å². The molecule has 0 aliphatic carbocycles. The Hall–Kier alpha value is -0.940. The molecule has 1 aromatic rings. The molecule has 2 rings (SSSR count). The van der Waals surface area contributed by atoms with Crippen molar-refractivity contribution in [2.45, 2.75) is 25.4 Å². The lowest BCUT2D eigenvalue weighted by molar-refractivity contribution is -0.127. The van der Waals surface area contributed by atoms with Crippen LogP contribution in [0.1, 0.15) is 23.2 Å². The fourth-order valence-electron chi connectivity index (χ4n) is 1.76. The molecule has 1 fully saturated rings. The van der Waals surface area contributed by atoms with Crippen molar-refractivity contribution in [3.05, 3.63) is 16.1 Å². The van der Waals surface area contributed by atoms with E-state index in [-0.39, 0.29) is 18.0 Å². The summed E-state index contributed by atoms with van der Waals surface area (Å²) in [4.78, 5) is 17.5. The van der Waals surface area contributed by atoms with Crippen LogP contribution >= 0.6 is 11.3 Å². The van der Waals surface area contributed by atoms with Gasteiger partial charge in [0.1, 0.15) is 5.01 Å². The first-order valence-corrected chi connectivity index (χ1v) is 5.41. The number of thiazole rings is 1. The molecule has 1 aliphatic heterocycles. The van der Waals surface area contributed by atoms with Gasteiger partial charge in [0, 0.05) is 30.6 Å². The summed E-state index contributed by atoms with van der Waals surface area (Å²) in [5.41, 5.74) is 6.90. The van der Waals surface area contributed by atoms with Gasteiger partial charge in [-0.25, -0.2) is 4.98 Å². The molecular formula is C9H13N3OS. The van der Waals surface area contributed by atoms with Crippen LogP contribution in [0.2, 0.25) is 0 Å². The topological polar surface area (TPSA) is 59.2 Å². The average Bonchev–Trinajstić information content (AvgIpc) is 2.60. The van der Waals surface area contributed by atoms with Gasteiger partial charge in [0.2, 0.25) is 5.91 Å². The van der Waals surface area contributed by atoms with Crippen molar-refractivity contribution < 1.29 is 4.79 Å². The zero-order chi connectivity index (χ0) is 10.3. The Morgan fingerprint density at radius 2 is 2.43 bits per heavy atom. The number of likely N-dealkylation sites (tertiary alicyclic amines) is 1. The van der Waals surface area contributed by atoms with E-state index in [2.05, 4.69) is 4.98 Å². The molecule has 4 nitrogen and oxygen atoms in total. The molecule has 5 heteroatoms. The molecular weight excluding hydrogens is 198 g/mol. The zero-order valence-corrected chi connectivity index (χ0v) is 9.04. The second-order valence-corrected chi connectivity index (χ2v) is 4.53. The third-order valence-electron chi connectivity index (χ3n) is 2.52. The van der Waals surface area contributed by atoms with Gasteiger partial charge < -0.3 is 10.6 Å². The Labute approximate surface area is 86.7 Å². The van der Waals surface area contributed by atoms with Crippen LogP contribution in [0, 0.1) is 6.92 Å². The SMILES string of the molecule is Cc1csc(C2C(N)CC(=O)N2C)n1. The molecule has 0 aromatic carbocycles. The van der Waals surface area contributed by atoms with Crippen molar-refractivity contribution in [2.24, 2.45) is 5.73 Å². The van der Waals surface area contributed by atoms with Crippen molar-refractivity contribution in [1.29, 1.82) is 0 Å². The molecule has 0 spiro atoms. The summed E-state index contributed by atoms with van der Waals surface area (Å²) in [6, 6.07) is -0.140. The first kappa shape index (κ1) is 9.61. The highest BCUT2D eigenvalue weighted by atomic mass is 32.1. The number of carbonyl (C=O) groups excluding carboxylic acids is 1. The predicted molar refractivity (Wildman–Crippen MR) is 55.0 cm³/mol. The summed E-state index contributed by atoms with van der Waals surface area (Å²) in [7, 11) is 1.79. The fourth-order valence-corrected chi connectivity index (χ4v) is 2.77. The zero-order valence-electron chi connectivity index (χ0n) is 8.23. The fraction of sp³-hybridized carbons (Fsp3) is 0.556. The van der Waals surface area contributed by atoms with Crippen LogP contribution in [0.15, 0.2) is 5.38 Å². The number of rotatable bonds is 1. The van der Waals surface area contributed by atoms with Crippen LogP contribution < -0.4 is 5.73 Å². The maximum Gasteiger partial charge on any atom is 0.224 e. The molecule has 14 heavy (non-hydrogen) atoms. The molecule has 1 saturated heterocycles. The molecule has 0 saturated carbocycles. The highest BCUT2D eigenvalue weighted by molar-refractivity contribution is 7.09. The van der Waals surface area contributed by atoms with Crippen LogP contribution in [-0.2, 0) is 4.79 Å². The number of likely N-dealkylation sites (N-methyl/N-ethyl adjacent to an activating group) is 1. The summed E-state index contributed by atoms with van der Waals surface area (Å²) in [5.74, 6) is 0.107. The second-order valence-electron chi connectivity index (χ2n) is 3.64. The van der Waals surface area contributed by atoms with E-state index in [1.165, 1.54) is 0 Å². The van der Waals surface area contributed by atoms with Crippen molar-refractivity contribution in [3.8, 4) is 0 Å². The second kappa shape index (κ2) is 3.33. The van der Waals surface area contributed by atoms with Gasteiger partial charge in [-0.15, -0.1) is 11.3 Å². The van der Waals surface area contributed by atoms with E-state index >= 15 is 0 Å². The molecule has 2 N–H and O–H groups in total. The van der Waals surface area contributed by atoms with Crippen LogP contribution in [0.4, 0.5) is 0 Å². The van der Waals surface area contributed by atoms with Gasteiger partial charge in [-0.3, -0.25) is 4.79 Å². The maximum absolute atomic E-state index is 11.4. The highest BCUT2D eigenvalue weighted by Crippen LogP contribution is 2.32. The number of carbonyl (C=O) groups is 1. The minimum atomic E-state index is -0.113. The number of nitrogens with zero attached hydrogens (tertiary/aromatic N) is 2. The third kappa shape index (κ3) is 1.42. The van der Waals surface area contributed by atoms with Gasteiger partial charge in [-0.2, -0.15) is 0 Å². The third-order valence-corrected chi connectivity index (χ3v) is 3.55. The first-order valence-electron chi connectivity index (χ1n) is 4.53. The Morgan fingerprint density at radius 3 is 2.86 bits per heavy atom. The largest absolute Gasteiger partial charge is 0.335 e. The van der Waals surface area contributed by atoms with Crippen LogP contribution in [-0.4, -0.2) is 28.9 Å². The summed E-state index contributed by atoms with van der Waals surface area (Å²) in [5, 5.41) is 2.93. The van der Waals surface area contributed by atoms with Crippen molar-refractivity contribution in [3.63, 3.8) is 0 Å². The number of aryl methyl sites for hydroxylation is 1. The predicted octanol–water partition coefficient (Wildman–Crippen LogP) is 0.682. The first-order chi connectivity index (χ1) is 6.59. The summed E-state index contributed by atoms with van der Waals surface area (Å²) < 4.78 is 0. The van der Waals surface area contributed by atoms with Gasteiger partial charge in [0.05, 0.1) is 6.04 Å². The van der Waals surface area contributed by atoms with E-state index in [0.717, 1.165) is 10.7 Å². The monoisotopic (exact) mass is 211 g/mol. The lowest BCUT2D eigenvalue weighted by atomic mass is 10.1. The molecule has 1 amide bonds. The number of amides is 1. The van der Waals surface area contributed by atoms with Crippen molar-refractivity contribution in [1.82, 2.24) is 9.88 Å². The van der Waals surface area contributed by atoms with Crippen LogP contribution in [0.25, 0.3) is 0 Å². The highest BCUT2D eigenvalue weighted by Gasteiger charge is 2.37. The van der Waals surface area contributed by atoms with E-state index < -0.39 is 0 Å². The standard InChI is InChI=1S/C9H13N3OS/c1-5-4-14-9(11-5)8-6(10)3-7(13)12(8)2/h4,6,8H,3,10H2,1-2H3. The Morgan fingerprint density at radius 1 is 1.71 bits per heavy atom. The lowest BCUT2D eigenvalue weighted by Gasteiger charge is -2.20. The normalized spacial score (nSPS) is 27.4. The van der Waals surface area contributed by atoms with Gasteiger partial charge in [0.25, 0.3) is 0 Å². The summed E-state index contributed by atoms with van der Waals surface area (Å²) in [6.45, 7) is 1.95. The van der Waals surface area contributed by atoms with Gasteiger partial charge in [-0.1, -0.05) is 0 Å². The van der Waals surface area contributed by atoms with E-state index in [0.29, 0.717) is 6.42 Å². The minimum Gasteiger partial charge on any atom is -0.335 e. The Balaban J connectivity index is 2.30. The Bertz CT molecular complexity index is 363. The minimum absolute atomic E-state index is 0.0267. The Kier molecular flexibility index (Phi) is 2.28. The maximum atomic E-state index is 11.4. The molecule has 2 unspecified atom stereocenters. The number of hydrogen-bond acceptors (Lipinski definition) is 4. The van der Waals surface area contributed by atoms with E-state index in [4.69, 9.17) is 5.73 Å². The van der Waals surface area contributed by atoms with Gasteiger partial charge >= 0.3 is 0 Å². The van der Waals surface area contributed by atoms with E-state index in [9.17, 15) is 4.79 Å². The number of aromatic nitrogens is 1. The molecule has 76 valence electrons. The average molecular weight is 211 g/mol. The van der Waals surface area contributed by atoms with Gasteiger partial charge in [-0.05, 0) is 6.92 Å². The van der Waals surface area contributed by atoms with Crippen LogP contribution in [0.3, 0.4) is 0 Å². The number of hydrogen-bond donors (Lipinski definition) is 1. The van der Waals surface area contributed by atoms with Crippen molar-refractivity contribution in [2.75, 3.05) is 7.05 Å². The molecule has 1 aromatic heterocycles. The molecule has 1 aliphatic rings. The quantitative estimate of drug-likeness (QED) is 0.743. The molecule has 0 radical (unpaired) electrons.